The fourth-order valence-corrected chi connectivity index (χ4v) is 3.78. The van der Waals surface area contributed by atoms with Crippen molar-refractivity contribution in [3.8, 4) is 0 Å². The van der Waals surface area contributed by atoms with E-state index in [4.69, 9.17) is 0 Å². The maximum absolute atomic E-state index is 3.66. The first-order valence-corrected chi connectivity index (χ1v) is 7.70. The predicted octanol–water partition coefficient (Wildman–Crippen LogP) is 2.50. The summed E-state index contributed by atoms with van der Waals surface area (Å²) in [4.78, 5) is 2.26. The van der Waals surface area contributed by atoms with Crippen molar-refractivity contribution in [2.45, 2.75) is 25.2 Å². The second-order valence-electron chi connectivity index (χ2n) is 6.45. The van der Waals surface area contributed by atoms with Crippen LogP contribution in [0.1, 0.15) is 29.9 Å². The molecule has 1 saturated carbocycles. The minimum Gasteiger partial charge on any atom is -0.316 e. The van der Waals surface area contributed by atoms with Gasteiger partial charge in [-0.25, -0.2) is 0 Å². The van der Waals surface area contributed by atoms with Crippen molar-refractivity contribution in [2.24, 2.45) is 11.8 Å². The first-order chi connectivity index (χ1) is 9.27. The first kappa shape index (κ1) is 13.1. The van der Waals surface area contributed by atoms with Crippen LogP contribution in [-0.2, 0) is 6.42 Å². The van der Waals surface area contributed by atoms with Gasteiger partial charge in [0.05, 0.1) is 0 Å². The van der Waals surface area contributed by atoms with Gasteiger partial charge in [-0.3, -0.25) is 0 Å². The van der Waals surface area contributed by atoms with Gasteiger partial charge in [0.2, 0.25) is 0 Å². The van der Waals surface area contributed by atoms with E-state index in [0.29, 0.717) is 0 Å². The molecule has 0 amide bonds. The zero-order valence-electron chi connectivity index (χ0n) is 12.2. The molecular weight excluding hydrogens is 232 g/mol. The van der Waals surface area contributed by atoms with Crippen molar-refractivity contribution in [1.29, 1.82) is 0 Å². The smallest absolute Gasteiger partial charge is 0.00117 e. The number of benzene rings is 1. The van der Waals surface area contributed by atoms with Crippen LogP contribution in [0, 0.1) is 11.8 Å². The molecule has 104 valence electrons. The molecule has 1 fully saturated rings. The van der Waals surface area contributed by atoms with E-state index in [2.05, 4.69) is 48.6 Å². The number of aryl methyl sites for hydroxylation is 1. The van der Waals surface area contributed by atoms with Crippen molar-refractivity contribution in [3.63, 3.8) is 0 Å². The van der Waals surface area contributed by atoms with Crippen LogP contribution in [0.15, 0.2) is 24.3 Å². The lowest BCUT2D eigenvalue weighted by molar-refractivity contribution is 0.393. The third-order valence-electron chi connectivity index (χ3n) is 4.83. The molecule has 0 spiro atoms. The summed E-state index contributed by atoms with van der Waals surface area (Å²) in [6.07, 6.45) is 3.96. The highest BCUT2D eigenvalue weighted by molar-refractivity contribution is 5.39. The van der Waals surface area contributed by atoms with Crippen LogP contribution in [-0.4, -0.2) is 38.6 Å². The maximum Gasteiger partial charge on any atom is -0.00117 e. The summed E-state index contributed by atoms with van der Waals surface area (Å²) in [5.74, 6) is 2.74. The fraction of sp³-hybridized carbons (Fsp3) is 0.647. The number of fused-ring (bicyclic) bond motifs is 3. The average Bonchev–Trinajstić information content (AvgIpc) is 3.12. The Labute approximate surface area is 117 Å². The predicted molar refractivity (Wildman–Crippen MR) is 80.5 cm³/mol. The van der Waals surface area contributed by atoms with Crippen molar-refractivity contribution in [3.05, 3.63) is 35.4 Å². The second-order valence-corrected chi connectivity index (χ2v) is 6.45. The molecule has 0 bridgehead atoms. The van der Waals surface area contributed by atoms with Gasteiger partial charge in [0, 0.05) is 0 Å². The molecule has 2 nitrogen and oxygen atoms in total. The maximum atomic E-state index is 3.66. The molecule has 1 N–H and O–H groups in total. The number of nitrogens with one attached hydrogen (secondary N) is 1. The molecule has 0 aliphatic heterocycles. The van der Waals surface area contributed by atoms with Gasteiger partial charge < -0.3 is 10.2 Å². The second kappa shape index (κ2) is 5.64. The van der Waals surface area contributed by atoms with Crippen LogP contribution in [0.5, 0.6) is 0 Å². The summed E-state index contributed by atoms with van der Waals surface area (Å²) in [7, 11) is 4.29. The van der Waals surface area contributed by atoms with E-state index in [-0.39, 0.29) is 0 Å². The third kappa shape index (κ3) is 2.85. The van der Waals surface area contributed by atoms with Gasteiger partial charge in [-0.2, -0.15) is 0 Å². The molecule has 0 radical (unpaired) electrons. The lowest BCUT2D eigenvalue weighted by atomic mass is 9.92. The van der Waals surface area contributed by atoms with Crippen LogP contribution >= 0.6 is 0 Å². The van der Waals surface area contributed by atoms with Crippen molar-refractivity contribution in [2.75, 3.05) is 33.7 Å². The van der Waals surface area contributed by atoms with Gasteiger partial charge in [0.15, 0.2) is 0 Å². The Morgan fingerprint density at radius 1 is 1.26 bits per heavy atom. The Hall–Kier alpha value is -0.860. The Balaban J connectivity index is 1.46. The Morgan fingerprint density at radius 2 is 2.11 bits per heavy atom. The quantitative estimate of drug-likeness (QED) is 0.789. The highest BCUT2D eigenvalue weighted by Crippen LogP contribution is 2.59. The molecule has 1 aromatic rings. The summed E-state index contributed by atoms with van der Waals surface area (Å²) >= 11 is 0. The molecule has 0 aromatic heterocycles. The number of nitrogens with zero attached hydrogens (tertiary/aromatic N) is 1. The third-order valence-corrected chi connectivity index (χ3v) is 4.83. The fourth-order valence-electron chi connectivity index (χ4n) is 3.78. The summed E-state index contributed by atoms with van der Waals surface area (Å²) in [5, 5.41) is 3.66. The Bertz CT molecular complexity index is 427. The first-order valence-electron chi connectivity index (χ1n) is 7.70. The zero-order chi connectivity index (χ0) is 13.2. The van der Waals surface area contributed by atoms with Crippen LogP contribution in [0.3, 0.4) is 0 Å². The lowest BCUT2D eigenvalue weighted by Gasteiger charge is -2.13. The van der Waals surface area contributed by atoms with E-state index in [9.17, 15) is 0 Å². The summed E-state index contributed by atoms with van der Waals surface area (Å²) in [5.41, 5.74) is 3.26. The molecule has 19 heavy (non-hydrogen) atoms. The summed E-state index contributed by atoms with van der Waals surface area (Å²) in [6.45, 7) is 3.57. The molecule has 1 aromatic carbocycles. The highest BCUT2D eigenvalue weighted by Gasteiger charge is 2.52. The molecule has 2 aliphatic carbocycles. The van der Waals surface area contributed by atoms with Crippen LogP contribution < -0.4 is 5.32 Å². The van der Waals surface area contributed by atoms with Crippen LogP contribution in [0.2, 0.25) is 0 Å². The molecular formula is C17H26N2. The van der Waals surface area contributed by atoms with Crippen molar-refractivity contribution >= 4 is 0 Å². The van der Waals surface area contributed by atoms with Gasteiger partial charge in [-0.1, -0.05) is 24.3 Å². The zero-order valence-corrected chi connectivity index (χ0v) is 12.2. The van der Waals surface area contributed by atoms with Crippen LogP contribution in [0.25, 0.3) is 0 Å². The Morgan fingerprint density at radius 3 is 2.95 bits per heavy atom. The van der Waals surface area contributed by atoms with E-state index in [1.807, 2.05) is 0 Å². The van der Waals surface area contributed by atoms with Crippen molar-refractivity contribution < 1.29 is 0 Å². The molecule has 0 heterocycles. The number of hydrogen-bond acceptors (Lipinski definition) is 2. The molecule has 2 aliphatic rings. The standard InChI is InChI=1S/C17H26N2/c1-19(2)11-5-10-18-12-16-15-9-8-13-6-3-4-7-14(13)17(15)16/h3-4,6-7,15-18H,5,8-12H2,1-2H3. The molecule has 3 rings (SSSR count). The molecule has 3 unspecified atom stereocenters. The number of hydrogen-bond donors (Lipinski definition) is 1. The van der Waals surface area contributed by atoms with E-state index in [1.54, 1.807) is 11.1 Å². The minimum atomic E-state index is 0.867. The van der Waals surface area contributed by atoms with Gasteiger partial charge in [-0.05, 0) is 81.9 Å². The van der Waals surface area contributed by atoms with E-state index in [0.717, 1.165) is 24.3 Å². The minimum absolute atomic E-state index is 0.867. The normalized spacial score (nSPS) is 28.1. The summed E-state index contributed by atoms with van der Waals surface area (Å²) < 4.78 is 0. The molecule has 0 saturated heterocycles. The largest absolute Gasteiger partial charge is 0.316 e. The van der Waals surface area contributed by atoms with Crippen LogP contribution in [0.4, 0.5) is 0 Å². The topological polar surface area (TPSA) is 15.3 Å². The molecule has 3 atom stereocenters. The van der Waals surface area contributed by atoms with Gasteiger partial charge in [-0.15, -0.1) is 0 Å². The number of rotatable bonds is 6. The van der Waals surface area contributed by atoms with Gasteiger partial charge in [0.1, 0.15) is 0 Å². The molecule has 2 heteroatoms. The monoisotopic (exact) mass is 258 g/mol. The average molecular weight is 258 g/mol. The van der Waals surface area contributed by atoms with E-state index < -0.39 is 0 Å². The Kier molecular flexibility index (Phi) is 3.90. The SMILES string of the molecule is CN(C)CCCNCC1C2CCc3ccccc3C21. The van der Waals surface area contributed by atoms with E-state index >= 15 is 0 Å². The summed E-state index contributed by atoms with van der Waals surface area (Å²) in [6, 6.07) is 9.08. The van der Waals surface area contributed by atoms with E-state index in [1.165, 1.54) is 32.4 Å². The van der Waals surface area contributed by atoms with Gasteiger partial charge in [0.25, 0.3) is 0 Å². The lowest BCUT2D eigenvalue weighted by Crippen LogP contribution is -2.23. The van der Waals surface area contributed by atoms with Gasteiger partial charge >= 0.3 is 0 Å². The van der Waals surface area contributed by atoms with Crippen molar-refractivity contribution in [1.82, 2.24) is 10.2 Å². The highest BCUT2D eigenvalue weighted by atomic mass is 15.1.